The molecule has 1 aliphatic heterocycles. The van der Waals surface area contributed by atoms with Gasteiger partial charge in [-0.25, -0.2) is 0 Å². The number of rotatable bonds is 4. The van der Waals surface area contributed by atoms with Crippen LogP contribution in [0.15, 0.2) is 18.2 Å². The van der Waals surface area contributed by atoms with Gasteiger partial charge in [-0.2, -0.15) is 0 Å². The lowest BCUT2D eigenvalue weighted by atomic mass is 9.96. The van der Waals surface area contributed by atoms with Crippen molar-refractivity contribution in [2.24, 2.45) is 0 Å². The van der Waals surface area contributed by atoms with Crippen molar-refractivity contribution in [2.45, 2.75) is 32.9 Å². The number of benzene rings is 1. The highest BCUT2D eigenvalue weighted by molar-refractivity contribution is 5.96. The molecule has 0 saturated heterocycles. The maximum atomic E-state index is 11.8. The van der Waals surface area contributed by atoms with E-state index in [1.807, 2.05) is 12.1 Å². The minimum atomic E-state index is -1.04. The van der Waals surface area contributed by atoms with E-state index in [-0.39, 0.29) is 12.5 Å². The third-order valence-electron chi connectivity index (χ3n) is 3.64. The molecule has 0 bridgehead atoms. The topological polar surface area (TPSA) is 69.6 Å². The third kappa shape index (κ3) is 3.36. The SMILES string of the molecule is CC(C)N1CCc2cc(C(=O)NCC(=O)O)ccc2C1. The van der Waals surface area contributed by atoms with Crippen molar-refractivity contribution in [1.29, 1.82) is 0 Å². The summed E-state index contributed by atoms with van der Waals surface area (Å²) >= 11 is 0. The van der Waals surface area contributed by atoms with E-state index in [0.29, 0.717) is 11.6 Å². The van der Waals surface area contributed by atoms with Crippen LogP contribution in [0.1, 0.15) is 35.3 Å². The first-order valence-corrected chi connectivity index (χ1v) is 6.83. The smallest absolute Gasteiger partial charge is 0.322 e. The Morgan fingerprint density at radius 2 is 2.10 bits per heavy atom. The number of carbonyl (C=O) groups is 2. The Balaban J connectivity index is 2.09. The average Bonchev–Trinajstić information content (AvgIpc) is 2.43. The molecular formula is C15H20N2O3. The molecule has 1 amide bonds. The number of nitrogens with zero attached hydrogens (tertiary/aromatic N) is 1. The van der Waals surface area contributed by atoms with Crippen molar-refractivity contribution in [3.8, 4) is 0 Å². The van der Waals surface area contributed by atoms with Crippen molar-refractivity contribution in [2.75, 3.05) is 13.1 Å². The summed E-state index contributed by atoms with van der Waals surface area (Å²) in [7, 11) is 0. The largest absolute Gasteiger partial charge is 0.480 e. The molecule has 20 heavy (non-hydrogen) atoms. The van der Waals surface area contributed by atoms with Crippen LogP contribution >= 0.6 is 0 Å². The fourth-order valence-corrected chi connectivity index (χ4v) is 2.41. The van der Waals surface area contributed by atoms with E-state index in [4.69, 9.17) is 5.11 Å². The highest BCUT2D eigenvalue weighted by Gasteiger charge is 2.19. The molecule has 0 atom stereocenters. The van der Waals surface area contributed by atoms with E-state index in [9.17, 15) is 9.59 Å². The summed E-state index contributed by atoms with van der Waals surface area (Å²) in [5.41, 5.74) is 2.97. The van der Waals surface area contributed by atoms with Gasteiger partial charge in [0.1, 0.15) is 6.54 Å². The van der Waals surface area contributed by atoms with Gasteiger partial charge >= 0.3 is 5.97 Å². The molecule has 0 aromatic heterocycles. The molecule has 1 aromatic carbocycles. The summed E-state index contributed by atoms with van der Waals surface area (Å²) in [5, 5.41) is 10.9. The Labute approximate surface area is 118 Å². The molecule has 0 unspecified atom stereocenters. The summed E-state index contributed by atoms with van der Waals surface area (Å²) in [4.78, 5) is 24.7. The number of hydrogen-bond donors (Lipinski definition) is 2. The fraction of sp³-hybridized carbons (Fsp3) is 0.467. The molecule has 1 heterocycles. The quantitative estimate of drug-likeness (QED) is 0.869. The van der Waals surface area contributed by atoms with E-state index in [2.05, 4.69) is 24.1 Å². The minimum absolute atomic E-state index is 0.332. The first kappa shape index (κ1) is 14.5. The lowest BCUT2D eigenvalue weighted by Crippen LogP contribution is -2.36. The van der Waals surface area contributed by atoms with Gasteiger partial charge in [-0.15, -0.1) is 0 Å². The number of hydrogen-bond acceptors (Lipinski definition) is 3. The number of carboxylic acids is 1. The maximum absolute atomic E-state index is 11.8. The molecule has 0 fully saturated rings. The Hall–Kier alpha value is -1.88. The number of fused-ring (bicyclic) bond motifs is 1. The van der Waals surface area contributed by atoms with Gasteiger partial charge in [-0.1, -0.05) is 6.07 Å². The van der Waals surface area contributed by atoms with Gasteiger partial charge in [0.05, 0.1) is 0 Å². The van der Waals surface area contributed by atoms with Crippen molar-refractivity contribution in [1.82, 2.24) is 10.2 Å². The Morgan fingerprint density at radius 1 is 1.35 bits per heavy atom. The summed E-state index contributed by atoms with van der Waals surface area (Å²) in [6.45, 7) is 5.91. The normalized spacial score (nSPS) is 14.9. The molecule has 2 N–H and O–H groups in total. The molecule has 5 nitrogen and oxygen atoms in total. The molecule has 0 spiro atoms. The molecule has 1 aliphatic rings. The zero-order valence-electron chi connectivity index (χ0n) is 11.8. The van der Waals surface area contributed by atoms with Crippen LogP contribution in [0.2, 0.25) is 0 Å². The van der Waals surface area contributed by atoms with Crippen molar-refractivity contribution >= 4 is 11.9 Å². The van der Waals surface area contributed by atoms with E-state index in [1.165, 1.54) is 11.1 Å². The van der Waals surface area contributed by atoms with E-state index in [0.717, 1.165) is 19.5 Å². The van der Waals surface area contributed by atoms with Crippen LogP contribution in [-0.2, 0) is 17.8 Å². The van der Waals surface area contributed by atoms with Crippen LogP contribution in [0.3, 0.4) is 0 Å². The molecule has 0 radical (unpaired) electrons. The van der Waals surface area contributed by atoms with Crippen LogP contribution < -0.4 is 5.32 Å². The molecule has 0 aliphatic carbocycles. The van der Waals surface area contributed by atoms with Crippen molar-refractivity contribution in [3.05, 3.63) is 34.9 Å². The first-order valence-electron chi connectivity index (χ1n) is 6.83. The van der Waals surface area contributed by atoms with Gasteiger partial charge in [0, 0.05) is 24.7 Å². The predicted molar refractivity (Wildman–Crippen MR) is 75.7 cm³/mol. The van der Waals surface area contributed by atoms with Crippen LogP contribution in [0, 0.1) is 0 Å². The second-order valence-corrected chi connectivity index (χ2v) is 5.37. The first-order chi connectivity index (χ1) is 9.47. The number of carboxylic acid groups (broad SMARTS) is 1. The van der Waals surface area contributed by atoms with Crippen LogP contribution in [-0.4, -0.2) is 41.0 Å². The summed E-state index contributed by atoms with van der Waals surface area (Å²) in [6, 6.07) is 6.13. The highest BCUT2D eigenvalue weighted by atomic mass is 16.4. The van der Waals surface area contributed by atoms with Crippen molar-refractivity contribution in [3.63, 3.8) is 0 Å². The van der Waals surface area contributed by atoms with Gasteiger partial charge in [0.15, 0.2) is 0 Å². The summed E-state index contributed by atoms with van der Waals surface area (Å²) < 4.78 is 0. The molecule has 2 rings (SSSR count). The van der Waals surface area contributed by atoms with Gasteiger partial charge in [0.2, 0.25) is 0 Å². The zero-order chi connectivity index (χ0) is 14.7. The molecule has 1 aromatic rings. The standard InChI is InChI=1S/C15H20N2O3/c1-10(2)17-6-5-11-7-12(3-4-13(11)9-17)15(20)16-8-14(18)19/h3-4,7,10H,5-6,8-9H2,1-2H3,(H,16,20)(H,18,19). The van der Waals surface area contributed by atoms with E-state index < -0.39 is 5.97 Å². The van der Waals surface area contributed by atoms with Crippen LogP contribution in [0.4, 0.5) is 0 Å². The average molecular weight is 276 g/mol. The van der Waals surface area contributed by atoms with Crippen molar-refractivity contribution < 1.29 is 14.7 Å². The Kier molecular flexibility index (Phi) is 4.39. The van der Waals surface area contributed by atoms with Gasteiger partial charge in [-0.3, -0.25) is 14.5 Å². The maximum Gasteiger partial charge on any atom is 0.322 e. The minimum Gasteiger partial charge on any atom is -0.480 e. The van der Waals surface area contributed by atoms with Gasteiger partial charge < -0.3 is 10.4 Å². The van der Waals surface area contributed by atoms with Gasteiger partial charge in [-0.05, 0) is 43.5 Å². The zero-order valence-corrected chi connectivity index (χ0v) is 11.8. The highest BCUT2D eigenvalue weighted by Crippen LogP contribution is 2.21. The summed E-state index contributed by atoms with van der Waals surface area (Å²) in [5.74, 6) is -1.37. The lowest BCUT2D eigenvalue weighted by molar-refractivity contribution is -0.135. The predicted octanol–water partition coefficient (Wildman–Crippen LogP) is 1.27. The molecule has 5 heteroatoms. The number of aliphatic carboxylic acids is 1. The Bertz CT molecular complexity index is 526. The van der Waals surface area contributed by atoms with E-state index >= 15 is 0 Å². The lowest BCUT2D eigenvalue weighted by Gasteiger charge is -2.32. The summed E-state index contributed by atoms with van der Waals surface area (Å²) in [6.07, 6.45) is 0.924. The Morgan fingerprint density at radius 3 is 2.75 bits per heavy atom. The van der Waals surface area contributed by atoms with Crippen LogP contribution in [0.5, 0.6) is 0 Å². The third-order valence-corrected chi connectivity index (χ3v) is 3.64. The molecule has 0 saturated carbocycles. The van der Waals surface area contributed by atoms with Crippen LogP contribution in [0.25, 0.3) is 0 Å². The second kappa shape index (κ2) is 6.05. The second-order valence-electron chi connectivity index (χ2n) is 5.37. The van der Waals surface area contributed by atoms with Gasteiger partial charge in [0.25, 0.3) is 5.91 Å². The number of nitrogens with one attached hydrogen (secondary N) is 1. The fourth-order valence-electron chi connectivity index (χ4n) is 2.41. The van der Waals surface area contributed by atoms with E-state index in [1.54, 1.807) is 6.07 Å². The number of carbonyl (C=O) groups excluding carboxylic acids is 1. The molecular weight excluding hydrogens is 256 g/mol. The molecule has 108 valence electrons. The monoisotopic (exact) mass is 276 g/mol. The number of amides is 1.